The molecule has 0 saturated carbocycles. The van der Waals surface area contributed by atoms with Gasteiger partial charge < -0.3 is 19.1 Å². The van der Waals surface area contributed by atoms with Gasteiger partial charge in [0.2, 0.25) is 0 Å². The number of likely N-dealkylation sites (N-methyl/N-ethyl adjacent to an activating group) is 1. The zero-order valence-corrected chi connectivity index (χ0v) is 21.1. The van der Waals surface area contributed by atoms with E-state index in [-0.39, 0.29) is 5.91 Å². The molecule has 0 radical (unpaired) electrons. The van der Waals surface area contributed by atoms with E-state index in [2.05, 4.69) is 34.7 Å². The summed E-state index contributed by atoms with van der Waals surface area (Å²) in [5, 5.41) is 0. The predicted molar refractivity (Wildman–Crippen MR) is 138 cm³/mol. The number of piperidine rings is 1. The molecule has 0 unspecified atom stereocenters. The highest BCUT2D eigenvalue weighted by Gasteiger charge is 2.23. The minimum Gasteiger partial charge on any atom is -0.494 e. The Labute approximate surface area is 203 Å². The summed E-state index contributed by atoms with van der Waals surface area (Å²) in [6, 6.07) is 14.8. The Kier molecular flexibility index (Phi) is 7.88. The molecule has 1 saturated heterocycles. The maximum Gasteiger partial charge on any atom is 0.253 e. The van der Waals surface area contributed by atoms with Crippen molar-refractivity contribution in [2.75, 3.05) is 33.3 Å². The number of ether oxygens (including phenoxy) is 1. The molecule has 6 nitrogen and oxygen atoms in total. The number of rotatable bonds is 9. The van der Waals surface area contributed by atoms with Gasteiger partial charge in [0, 0.05) is 37.7 Å². The van der Waals surface area contributed by atoms with Crippen molar-refractivity contribution in [2.45, 2.75) is 59.0 Å². The minimum atomic E-state index is 0.0709. The van der Waals surface area contributed by atoms with Crippen molar-refractivity contribution in [1.29, 1.82) is 0 Å². The van der Waals surface area contributed by atoms with Gasteiger partial charge in [-0.3, -0.25) is 4.79 Å². The van der Waals surface area contributed by atoms with Gasteiger partial charge in [0.1, 0.15) is 11.6 Å². The summed E-state index contributed by atoms with van der Waals surface area (Å²) in [5.41, 5.74) is 3.92. The average molecular weight is 463 g/mol. The van der Waals surface area contributed by atoms with Crippen LogP contribution in [-0.4, -0.2) is 64.6 Å². The molecular weight excluding hydrogens is 424 g/mol. The molecule has 2 heterocycles. The Morgan fingerprint density at radius 2 is 1.85 bits per heavy atom. The van der Waals surface area contributed by atoms with Crippen molar-refractivity contribution in [3.63, 3.8) is 0 Å². The zero-order valence-electron chi connectivity index (χ0n) is 21.1. The van der Waals surface area contributed by atoms with E-state index >= 15 is 0 Å². The van der Waals surface area contributed by atoms with Crippen LogP contribution in [0.15, 0.2) is 42.5 Å². The number of benzene rings is 2. The van der Waals surface area contributed by atoms with Gasteiger partial charge >= 0.3 is 0 Å². The molecule has 6 heteroatoms. The Morgan fingerprint density at radius 1 is 1.09 bits per heavy atom. The van der Waals surface area contributed by atoms with Crippen LogP contribution in [0, 0.1) is 0 Å². The molecule has 3 aromatic rings. The Bertz CT molecular complexity index is 1100. The Hall–Kier alpha value is -2.86. The fraction of sp³-hybridized carbons (Fsp3) is 0.500. The summed E-state index contributed by atoms with van der Waals surface area (Å²) in [7, 11) is 2.23. The molecule has 1 fully saturated rings. The van der Waals surface area contributed by atoms with Crippen LogP contribution >= 0.6 is 0 Å². The van der Waals surface area contributed by atoms with Crippen molar-refractivity contribution in [3.05, 3.63) is 59.4 Å². The van der Waals surface area contributed by atoms with Crippen molar-refractivity contribution in [3.8, 4) is 5.75 Å². The normalized spacial score (nSPS) is 16.6. The number of carbonyl (C=O) groups excluding carboxylic acids is 1. The van der Waals surface area contributed by atoms with Crippen LogP contribution in [0.2, 0.25) is 0 Å². The fourth-order valence-electron chi connectivity index (χ4n) is 4.98. The number of hydrogen-bond acceptors (Lipinski definition) is 4. The monoisotopic (exact) mass is 462 g/mol. The third kappa shape index (κ3) is 5.27. The largest absolute Gasteiger partial charge is 0.494 e. The second-order valence-electron chi connectivity index (χ2n) is 9.20. The maximum absolute atomic E-state index is 13.0. The number of aromatic nitrogens is 2. The Balaban J connectivity index is 1.69. The first-order chi connectivity index (χ1) is 16.5. The third-order valence-corrected chi connectivity index (χ3v) is 7.04. The third-order valence-electron chi connectivity index (χ3n) is 7.04. The van der Waals surface area contributed by atoms with Gasteiger partial charge in [0.25, 0.3) is 5.91 Å². The smallest absolute Gasteiger partial charge is 0.253 e. The van der Waals surface area contributed by atoms with Crippen LogP contribution in [0.25, 0.3) is 11.0 Å². The van der Waals surface area contributed by atoms with Gasteiger partial charge in [0.05, 0.1) is 17.6 Å². The second-order valence-corrected chi connectivity index (χ2v) is 9.20. The molecule has 1 aromatic heterocycles. The van der Waals surface area contributed by atoms with Gasteiger partial charge in [-0.25, -0.2) is 4.98 Å². The van der Waals surface area contributed by atoms with Crippen LogP contribution in [0.3, 0.4) is 0 Å². The molecule has 1 atom stereocenters. The van der Waals surface area contributed by atoms with E-state index in [1.54, 1.807) is 0 Å². The Morgan fingerprint density at radius 3 is 2.53 bits per heavy atom. The minimum absolute atomic E-state index is 0.0709. The molecule has 0 N–H and O–H groups in total. The molecule has 0 bridgehead atoms. The SMILES string of the molecule is CCOc1ccc(Cc2nc3cc(C(=O)N(CC)CC)ccc3n2C[C@@H]2CCCCN2C)cc1. The molecule has 34 heavy (non-hydrogen) atoms. The molecular formula is C28H38N4O2. The van der Waals surface area contributed by atoms with Crippen molar-refractivity contribution >= 4 is 16.9 Å². The van der Waals surface area contributed by atoms with Crippen LogP contribution in [0.5, 0.6) is 5.75 Å². The molecule has 0 spiro atoms. The van der Waals surface area contributed by atoms with Crippen LogP contribution in [0.4, 0.5) is 0 Å². The van der Waals surface area contributed by atoms with E-state index in [0.717, 1.165) is 42.1 Å². The van der Waals surface area contributed by atoms with E-state index < -0.39 is 0 Å². The van der Waals surface area contributed by atoms with Gasteiger partial charge in [-0.2, -0.15) is 0 Å². The van der Waals surface area contributed by atoms with Gasteiger partial charge in [-0.1, -0.05) is 18.6 Å². The van der Waals surface area contributed by atoms with Crippen LogP contribution < -0.4 is 4.74 Å². The molecule has 1 aliphatic heterocycles. The number of fused-ring (bicyclic) bond motifs is 1. The van der Waals surface area contributed by atoms with Crippen molar-refractivity contribution in [1.82, 2.24) is 19.4 Å². The summed E-state index contributed by atoms with van der Waals surface area (Å²) in [6.07, 6.45) is 4.50. The molecule has 2 aromatic carbocycles. The van der Waals surface area contributed by atoms with Crippen molar-refractivity contribution < 1.29 is 9.53 Å². The number of nitrogens with zero attached hydrogens (tertiary/aromatic N) is 4. The quantitative estimate of drug-likeness (QED) is 0.449. The summed E-state index contributed by atoms with van der Waals surface area (Å²) < 4.78 is 7.99. The van der Waals surface area contributed by atoms with Crippen LogP contribution in [0.1, 0.15) is 61.8 Å². The maximum atomic E-state index is 13.0. The molecule has 4 rings (SSSR count). The van der Waals surface area contributed by atoms with E-state index in [4.69, 9.17) is 9.72 Å². The van der Waals surface area contributed by atoms with Gasteiger partial charge in [0.15, 0.2) is 0 Å². The van der Waals surface area contributed by atoms with Gasteiger partial charge in [-0.05, 0) is 83.1 Å². The van der Waals surface area contributed by atoms with E-state index in [0.29, 0.717) is 31.3 Å². The fourth-order valence-corrected chi connectivity index (χ4v) is 4.98. The topological polar surface area (TPSA) is 50.6 Å². The lowest BCUT2D eigenvalue weighted by molar-refractivity contribution is 0.0773. The standard InChI is InChI=1S/C28H38N4O2/c1-5-31(6-2)28(33)22-13-16-26-25(19-22)29-27(18-21-11-14-24(15-12-21)34-7-3)32(26)20-23-10-8-9-17-30(23)4/h11-16,19,23H,5-10,17-18,20H2,1-4H3/t23-/m0/s1. The lowest BCUT2D eigenvalue weighted by Gasteiger charge is -2.33. The van der Waals surface area contributed by atoms with Crippen LogP contribution in [-0.2, 0) is 13.0 Å². The average Bonchev–Trinajstić information content (AvgIpc) is 3.18. The van der Waals surface area contributed by atoms with E-state index in [9.17, 15) is 4.79 Å². The number of hydrogen-bond donors (Lipinski definition) is 0. The highest BCUT2D eigenvalue weighted by molar-refractivity contribution is 5.97. The highest BCUT2D eigenvalue weighted by Crippen LogP contribution is 2.25. The van der Waals surface area contributed by atoms with E-state index in [1.165, 1.54) is 24.8 Å². The number of amides is 1. The first kappa shape index (κ1) is 24.3. The first-order valence-corrected chi connectivity index (χ1v) is 12.7. The lowest BCUT2D eigenvalue weighted by atomic mass is 10.0. The summed E-state index contributed by atoms with van der Waals surface area (Å²) in [4.78, 5) is 22.3. The number of likely N-dealkylation sites (tertiary alicyclic amines) is 1. The summed E-state index contributed by atoms with van der Waals surface area (Å²) in [6.45, 7) is 10.2. The molecule has 1 amide bonds. The predicted octanol–water partition coefficient (Wildman–Crippen LogP) is 4.99. The zero-order chi connectivity index (χ0) is 24.1. The first-order valence-electron chi connectivity index (χ1n) is 12.7. The second kappa shape index (κ2) is 11.0. The highest BCUT2D eigenvalue weighted by atomic mass is 16.5. The van der Waals surface area contributed by atoms with E-state index in [1.807, 2.05) is 49.9 Å². The number of carbonyl (C=O) groups is 1. The molecule has 1 aliphatic rings. The molecule has 182 valence electrons. The lowest BCUT2D eigenvalue weighted by Crippen LogP contribution is -2.39. The summed E-state index contributed by atoms with van der Waals surface area (Å²) in [5.74, 6) is 2.01. The summed E-state index contributed by atoms with van der Waals surface area (Å²) >= 11 is 0. The van der Waals surface area contributed by atoms with Gasteiger partial charge in [-0.15, -0.1) is 0 Å². The van der Waals surface area contributed by atoms with Crippen molar-refractivity contribution in [2.24, 2.45) is 0 Å². The molecule has 0 aliphatic carbocycles. The number of imidazole rings is 1.